The highest BCUT2D eigenvalue weighted by Crippen LogP contribution is 2.31. The lowest BCUT2D eigenvalue weighted by Gasteiger charge is -2.25. The standard InChI is InChI=1S/C20H18FN3O3/c1-2-20(15-8-4-3-5-9-15)18(26)24(19(27)22-20)23-17(25)12-11-14-7-6-10-16(21)13-14/h3-13H,2H2,1H3,(H,22,27)(H,23,25)/b12-11+/t20-/m1/s1. The second kappa shape index (κ2) is 7.41. The van der Waals surface area contributed by atoms with Crippen LogP contribution in [0.25, 0.3) is 6.08 Å². The Morgan fingerprint density at radius 2 is 1.93 bits per heavy atom. The third-order valence-electron chi connectivity index (χ3n) is 4.39. The number of benzene rings is 2. The molecular formula is C20H18FN3O3. The SMILES string of the molecule is CC[C@]1(c2ccccc2)NC(=O)N(NC(=O)/C=C/c2cccc(F)c2)C1=O. The van der Waals surface area contributed by atoms with Crippen LogP contribution in [0.5, 0.6) is 0 Å². The summed E-state index contributed by atoms with van der Waals surface area (Å²) in [5.41, 5.74) is 2.17. The van der Waals surface area contributed by atoms with Crippen LogP contribution in [0.2, 0.25) is 0 Å². The van der Waals surface area contributed by atoms with Crippen LogP contribution in [-0.4, -0.2) is 22.9 Å². The Balaban J connectivity index is 1.76. The van der Waals surface area contributed by atoms with Crippen LogP contribution in [0.1, 0.15) is 24.5 Å². The van der Waals surface area contributed by atoms with Gasteiger partial charge in [0.25, 0.3) is 11.8 Å². The molecule has 0 aromatic heterocycles. The van der Waals surface area contributed by atoms with Crippen molar-refractivity contribution in [3.8, 4) is 0 Å². The summed E-state index contributed by atoms with van der Waals surface area (Å²) in [5, 5.41) is 3.34. The summed E-state index contributed by atoms with van der Waals surface area (Å²) in [6.45, 7) is 1.78. The van der Waals surface area contributed by atoms with E-state index in [0.717, 1.165) is 6.08 Å². The number of halogens is 1. The number of urea groups is 1. The van der Waals surface area contributed by atoms with Gasteiger partial charge < -0.3 is 5.32 Å². The van der Waals surface area contributed by atoms with Gasteiger partial charge in [-0.3, -0.25) is 15.0 Å². The number of amides is 4. The van der Waals surface area contributed by atoms with Gasteiger partial charge in [0.2, 0.25) is 0 Å². The summed E-state index contributed by atoms with van der Waals surface area (Å²) < 4.78 is 13.2. The Hall–Kier alpha value is -3.48. The number of carbonyl (C=O) groups excluding carboxylic acids is 3. The predicted molar refractivity (Wildman–Crippen MR) is 97.4 cm³/mol. The molecule has 27 heavy (non-hydrogen) atoms. The van der Waals surface area contributed by atoms with E-state index in [9.17, 15) is 18.8 Å². The largest absolute Gasteiger partial charge is 0.344 e. The van der Waals surface area contributed by atoms with Crippen LogP contribution >= 0.6 is 0 Å². The molecule has 1 aliphatic rings. The zero-order valence-electron chi connectivity index (χ0n) is 14.6. The van der Waals surface area contributed by atoms with Gasteiger partial charge in [-0.05, 0) is 35.8 Å². The van der Waals surface area contributed by atoms with Gasteiger partial charge in [-0.2, -0.15) is 5.01 Å². The van der Waals surface area contributed by atoms with Crippen molar-refractivity contribution < 1.29 is 18.8 Å². The summed E-state index contributed by atoms with van der Waals surface area (Å²) in [6, 6.07) is 13.8. The molecule has 2 aromatic rings. The second-order valence-corrected chi connectivity index (χ2v) is 6.06. The maximum Gasteiger partial charge on any atom is 0.344 e. The second-order valence-electron chi connectivity index (χ2n) is 6.06. The van der Waals surface area contributed by atoms with E-state index in [1.807, 2.05) is 6.07 Å². The molecule has 138 valence electrons. The number of carbonyl (C=O) groups is 3. The number of hydrogen-bond donors (Lipinski definition) is 2. The van der Waals surface area contributed by atoms with Gasteiger partial charge >= 0.3 is 6.03 Å². The summed E-state index contributed by atoms with van der Waals surface area (Å²) in [4.78, 5) is 37.3. The molecular weight excluding hydrogens is 349 g/mol. The van der Waals surface area contributed by atoms with Crippen molar-refractivity contribution in [2.24, 2.45) is 0 Å². The summed E-state index contributed by atoms with van der Waals surface area (Å²) >= 11 is 0. The molecule has 0 aliphatic carbocycles. The lowest BCUT2D eigenvalue weighted by Crippen LogP contribution is -2.48. The molecule has 4 amide bonds. The highest BCUT2D eigenvalue weighted by Gasteiger charge is 2.52. The molecule has 2 aromatic carbocycles. The Morgan fingerprint density at radius 3 is 2.59 bits per heavy atom. The predicted octanol–water partition coefficient (Wildman–Crippen LogP) is 2.73. The molecule has 2 N–H and O–H groups in total. The van der Waals surface area contributed by atoms with Crippen LogP contribution in [0.3, 0.4) is 0 Å². The lowest BCUT2D eigenvalue weighted by molar-refractivity contribution is -0.138. The fourth-order valence-corrected chi connectivity index (χ4v) is 2.97. The molecule has 0 radical (unpaired) electrons. The van der Waals surface area contributed by atoms with Crippen molar-refractivity contribution in [2.75, 3.05) is 0 Å². The minimum absolute atomic E-state index is 0.326. The number of nitrogens with one attached hydrogen (secondary N) is 2. The smallest absolute Gasteiger partial charge is 0.318 e. The van der Waals surface area contributed by atoms with Crippen LogP contribution in [0, 0.1) is 5.82 Å². The van der Waals surface area contributed by atoms with E-state index in [-0.39, 0.29) is 0 Å². The number of rotatable bonds is 5. The Bertz CT molecular complexity index is 914. The first kappa shape index (κ1) is 18.3. The van der Waals surface area contributed by atoms with E-state index in [4.69, 9.17) is 0 Å². The lowest BCUT2D eigenvalue weighted by atomic mass is 9.87. The number of nitrogens with zero attached hydrogens (tertiary/aromatic N) is 1. The van der Waals surface area contributed by atoms with E-state index < -0.39 is 29.2 Å². The maximum absolute atomic E-state index is 13.2. The molecule has 0 saturated carbocycles. The monoisotopic (exact) mass is 367 g/mol. The normalized spacial score (nSPS) is 19.4. The van der Waals surface area contributed by atoms with Crippen molar-refractivity contribution in [1.29, 1.82) is 0 Å². The summed E-state index contributed by atoms with van der Waals surface area (Å²) in [7, 11) is 0. The fraction of sp³-hybridized carbons (Fsp3) is 0.150. The average molecular weight is 367 g/mol. The van der Waals surface area contributed by atoms with Gasteiger partial charge in [0.05, 0.1) is 0 Å². The van der Waals surface area contributed by atoms with Crippen molar-refractivity contribution in [1.82, 2.24) is 15.8 Å². The third kappa shape index (κ3) is 3.57. The third-order valence-corrected chi connectivity index (χ3v) is 4.39. The number of hydrazine groups is 1. The molecule has 1 aliphatic heterocycles. The molecule has 3 rings (SSSR count). The summed E-state index contributed by atoms with van der Waals surface area (Å²) in [5.74, 6) is -1.67. The van der Waals surface area contributed by atoms with Gasteiger partial charge in [0.15, 0.2) is 0 Å². The number of imide groups is 1. The first-order valence-corrected chi connectivity index (χ1v) is 8.43. The quantitative estimate of drug-likeness (QED) is 0.630. The van der Waals surface area contributed by atoms with Gasteiger partial charge in [-0.1, -0.05) is 49.4 Å². The van der Waals surface area contributed by atoms with Crippen LogP contribution in [-0.2, 0) is 15.1 Å². The fourth-order valence-electron chi connectivity index (χ4n) is 2.97. The molecule has 0 spiro atoms. The van der Waals surface area contributed by atoms with Crippen LogP contribution in [0.4, 0.5) is 9.18 Å². The van der Waals surface area contributed by atoms with E-state index in [1.165, 1.54) is 24.3 Å². The average Bonchev–Trinajstić information content (AvgIpc) is 2.92. The molecule has 7 heteroatoms. The van der Waals surface area contributed by atoms with Crippen LogP contribution in [0.15, 0.2) is 60.7 Å². The van der Waals surface area contributed by atoms with Gasteiger partial charge in [-0.25, -0.2) is 9.18 Å². The first-order chi connectivity index (χ1) is 13.0. The van der Waals surface area contributed by atoms with Crippen molar-refractivity contribution in [3.63, 3.8) is 0 Å². The molecule has 6 nitrogen and oxygen atoms in total. The highest BCUT2D eigenvalue weighted by molar-refractivity contribution is 6.09. The molecule has 1 fully saturated rings. The van der Waals surface area contributed by atoms with E-state index in [1.54, 1.807) is 37.3 Å². The zero-order chi connectivity index (χ0) is 19.4. The molecule has 1 heterocycles. The van der Waals surface area contributed by atoms with E-state index in [2.05, 4.69) is 10.7 Å². The number of hydrogen-bond acceptors (Lipinski definition) is 3. The maximum atomic E-state index is 13.2. The van der Waals surface area contributed by atoms with Crippen molar-refractivity contribution in [2.45, 2.75) is 18.9 Å². The molecule has 0 unspecified atom stereocenters. The minimum atomic E-state index is -1.22. The Morgan fingerprint density at radius 1 is 1.19 bits per heavy atom. The van der Waals surface area contributed by atoms with E-state index >= 15 is 0 Å². The zero-order valence-corrected chi connectivity index (χ0v) is 14.6. The van der Waals surface area contributed by atoms with E-state index in [0.29, 0.717) is 22.6 Å². The molecule has 0 bridgehead atoms. The van der Waals surface area contributed by atoms with Crippen molar-refractivity contribution >= 4 is 23.9 Å². The minimum Gasteiger partial charge on any atom is -0.318 e. The van der Waals surface area contributed by atoms with Gasteiger partial charge in [0, 0.05) is 6.08 Å². The Kier molecular flexibility index (Phi) is 5.03. The summed E-state index contributed by atoms with van der Waals surface area (Å²) in [6.07, 6.45) is 2.85. The van der Waals surface area contributed by atoms with Crippen LogP contribution < -0.4 is 10.7 Å². The van der Waals surface area contributed by atoms with Crippen molar-refractivity contribution in [3.05, 3.63) is 77.6 Å². The Labute approximate surface area is 155 Å². The van der Waals surface area contributed by atoms with Gasteiger partial charge in [0.1, 0.15) is 11.4 Å². The molecule has 1 saturated heterocycles. The highest BCUT2D eigenvalue weighted by atomic mass is 19.1. The topological polar surface area (TPSA) is 78.5 Å². The molecule has 1 atom stereocenters. The first-order valence-electron chi connectivity index (χ1n) is 8.43. The van der Waals surface area contributed by atoms with Gasteiger partial charge in [-0.15, -0.1) is 0 Å².